The van der Waals surface area contributed by atoms with E-state index in [4.69, 9.17) is 14.2 Å². The summed E-state index contributed by atoms with van der Waals surface area (Å²) in [6.45, 7) is 7.26. The Labute approximate surface area is 155 Å². The van der Waals surface area contributed by atoms with E-state index in [0.717, 1.165) is 0 Å². The summed E-state index contributed by atoms with van der Waals surface area (Å²) in [5, 5.41) is 4.44. The molecule has 11 nitrogen and oxygen atoms in total. The number of hydrogen-bond donors (Lipinski definition) is 2. The smallest absolute Gasteiger partial charge is 0.326 e. The van der Waals surface area contributed by atoms with E-state index in [1.54, 1.807) is 0 Å². The van der Waals surface area contributed by atoms with Crippen LogP contribution in [0.3, 0.4) is 0 Å². The Morgan fingerprint density at radius 1 is 0.815 bits per heavy atom. The molecule has 0 aromatic carbocycles. The molecule has 27 heavy (non-hydrogen) atoms. The van der Waals surface area contributed by atoms with Crippen molar-refractivity contribution in [1.82, 2.24) is 20.4 Å². The van der Waals surface area contributed by atoms with Crippen LogP contribution in [-0.2, 0) is 23.8 Å². The summed E-state index contributed by atoms with van der Waals surface area (Å²) in [5.41, 5.74) is -1.56. The molecule has 4 heterocycles. The molecule has 0 aromatic heterocycles. The van der Waals surface area contributed by atoms with E-state index in [1.807, 2.05) is 27.7 Å². The van der Waals surface area contributed by atoms with Crippen molar-refractivity contribution < 1.29 is 33.4 Å². The largest absolute Gasteiger partial charge is 0.364 e. The van der Waals surface area contributed by atoms with Crippen LogP contribution in [0.2, 0.25) is 0 Å². The third-order valence-corrected chi connectivity index (χ3v) is 5.09. The van der Waals surface area contributed by atoms with Gasteiger partial charge in [-0.25, -0.2) is 9.59 Å². The van der Waals surface area contributed by atoms with Crippen molar-refractivity contribution in [2.24, 2.45) is 0 Å². The molecule has 4 saturated heterocycles. The van der Waals surface area contributed by atoms with Crippen molar-refractivity contribution in [3.8, 4) is 0 Å². The van der Waals surface area contributed by atoms with Gasteiger partial charge in [0, 0.05) is 0 Å². The second kappa shape index (κ2) is 5.63. The lowest BCUT2D eigenvalue weighted by Gasteiger charge is -2.35. The highest BCUT2D eigenvalue weighted by atomic mass is 16.7. The molecular formula is C16H22N4O7. The molecule has 4 unspecified atom stereocenters. The predicted octanol–water partition coefficient (Wildman–Crippen LogP) is -0.886. The predicted molar refractivity (Wildman–Crippen MR) is 87.1 cm³/mol. The molecule has 11 heteroatoms. The number of imide groups is 2. The molecule has 4 aliphatic heterocycles. The van der Waals surface area contributed by atoms with Crippen LogP contribution in [0.1, 0.15) is 27.7 Å². The molecule has 4 fully saturated rings. The van der Waals surface area contributed by atoms with Gasteiger partial charge < -0.3 is 14.2 Å². The van der Waals surface area contributed by atoms with Gasteiger partial charge >= 0.3 is 12.1 Å². The van der Waals surface area contributed by atoms with E-state index < -0.39 is 47.9 Å². The first-order chi connectivity index (χ1) is 12.5. The minimum absolute atomic E-state index is 0.0363. The topological polar surface area (TPSA) is 133 Å². The number of urea groups is 2. The van der Waals surface area contributed by atoms with Gasteiger partial charge in [0.1, 0.15) is 25.3 Å². The Kier molecular flexibility index (Phi) is 3.78. The summed E-state index contributed by atoms with van der Waals surface area (Å²) >= 11 is 0. The van der Waals surface area contributed by atoms with Gasteiger partial charge in [0.15, 0.2) is 12.5 Å². The van der Waals surface area contributed by atoms with Gasteiger partial charge in [0.2, 0.25) is 11.8 Å². The Hall–Kier alpha value is -2.24. The maximum atomic E-state index is 11.8. The van der Waals surface area contributed by atoms with Crippen molar-refractivity contribution in [3.05, 3.63) is 0 Å². The number of ether oxygens (including phenoxy) is 3. The molecular weight excluding hydrogens is 360 g/mol. The molecule has 0 spiro atoms. The second-order valence-corrected chi connectivity index (χ2v) is 8.17. The fourth-order valence-electron chi connectivity index (χ4n) is 3.82. The van der Waals surface area contributed by atoms with Crippen LogP contribution in [0.25, 0.3) is 0 Å². The molecule has 2 N–H and O–H groups in total. The maximum absolute atomic E-state index is 11.8. The second-order valence-electron chi connectivity index (χ2n) is 8.17. The number of rotatable bonds is 6. The van der Waals surface area contributed by atoms with Gasteiger partial charge in [-0.1, -0.05) is 0 Å². The van der Waals surface area contributed by atoms with Gasteiger partial charge in [0.25, 0.3) is 0 Å². The molecule has 6 amide bonds. The van der Waals surface area contributed by atoms with Crippen molar-refractivity contribution in [2.75, 3.05) is 13.1 Å². The third-order valence-electron chi connectivity index (χ3n) is 5.09. The number of nitrogens with zero attached hydrogens (tertiary/aromatic N) is 2. The summed E-state index contributed by atoms with van der Waals surface area (Å²) in [5.74, 6) is -0.720. The minimum Gasteiger partial charge on any atom is -0.364 e. The first kappa shape index (κ1) is 18.1. The monoisotopic (exact) mass is 382 g/mol. The van der Waals surface area contributed by atoms with Gasteiger partial charge in [-0.2, -0.15) is 0 Å². The van der Waals surface area contributed by atoms with Crippen LogP contribution < -0.4 is 10.6 Å². The first-order valence-electron chi connectivity index (χ1n) is 8.71. The number of nitrogens with one attached hydrogen (secondary N) is 2. The van der Waals surface area contributed by atoms with Crippen LogP contribution in [-0.4, -0.2) is 82.6 Å². The van der Waals surface area contributed by atoms with Crippen LogP contribution in [0.4, 0.5) is 9.59 Å². The van der Waals surface area contributed by atoms with Crippen molar-refractivity contribution >= 4 is 23.9 Å². The summed E-state index contributed by atoms with van der Waals surface area (Å²) in [6.07, 6.45) is -1.86. The standard InChI is InChI=1S/C16H22N4O7/c1-15(2,9-11(25-9)19-5-7(21)17-13(19)23)27-16(3,4)10-12(26-10)20-6-8(22)18-14(20)24/h9-12H,5-6H2,1-4H3,(H,17,21,23)(H,18,22,24). The summed E-state index contributed by atoms with van der Waals surface area (Å²) < 4.78 is 17.5. The quantitative estimate of drug-likeness (QED) is 0.450. The fraction of sp³-hybridized carbons (Fsp3) is 0.750. The van der Waals surface area contributed by atoms with E-state index in [0.29, 0.717) is 0 Å². The number of amides is 6. The van der Waals surface area contributed by atoms with Crippen LogP contribution >= 0.6 is 0 Å². The van der Waals surface area contributed by atoms with E-state index in [9.17, 15) is 19.2 Å². The van der Waals surface area contributed by atoms with Crippen molar-refractivity contribution in [1.29, 1.82) is 0 Å². The first-order valence-corrected chi connectivity index (χ1v) is 8.71. The molecule has 0 bridgehead atoms. The van der Waals surface area contributed by atoms with E-state index >= 15 is 0 Å². The molecule has 4 atom stereocenters. The maximum Gasteiger partial charge on any atom is 0.326 e. The van der Waals surface area contributed by atoms with Crippen LogP contribution in [0.5, 0.6) is 0 Å². The van der Waals surface area contributed by atoms with E-state index in [2.05, 4.69) is 10.6 Å². The molecule has 0 radical (unpaired) electrons. The Balaban J connectivity index is 1.37. The van der Waals surface area contributed by atoms with Crippen LogP contribution in [0.15, 0.2) is 0 Å². The molecule has 0 aromatic rings. The highest BCUT2D eigenvalue weighted by molar-refractivity contribution is 6.02. The average Bonchev–Trinajstić information content (AvgIpc) is 3.41. The highest BCUT2D eigenvalue weighted by Crippen LogP contribution is 2.44. The minimum atomic E-state index is -0.778. The molecule has 148 valence electrons. The highest BCUT2D eigenvalue weighted by Gasteiger charge is 2.62. The lowest BCUT2D eigenvalue weighted by molar-refractivity contribution is -0.143. The SMILES string of the molecule is CC(C)(OC(C)(C)C1OC1N1CC(=O)NC1=O)C1OC1N1CC(=O)NC1=O. The summed E-state index contributed by atoms with van der Waals surface area (Å²) in [6, 6.07) is -0.948. The van der Waals surface area contributed by atoms with Crippen molar-refractivity contribution in [3.63, 3.8) is 0 Å². The normalized spacial score (nSPS) is 33.5. The summed E-state index contributed by atoms with van der Waals surface area (Å²) in [4.78, 5) is 48.9. The zero-order valence-electron chi connectivity index (χ0n) is 15.5. The Morgan fingerprint density at radius 3 is 1.48 bits per heavy atom. The average molecular weight is 382 g/mol. The zero-order valence-corrected chi connectivity index (χ0v) is 15.5. The van der Waals surface area contributed by atoms with Gasteiger partial charge in [-0.15, -0.1) is 0 Å². The number of epoxide rings is 2. The number of carbonyl (C=O) groups excluding carboxylic acids is 4. The van der Waals surface area contributed by atoms with E-state index in [1.165, 1.54) is 9.80 Å². The molecule has 4 rings (SSSR count). The van der Waals surface area contributed by atoms with E-state index in [-0.39, 0.29) is 24.9 Å². The zero-order chi connectivity index (χ0) is 19.7. The van der Waals surface area contributed by atoms with Gasteiger partial charge in [-0.05, 0) is 27.7 Å². The third kappa shape index (κ3) is 3.15. The fourth-order valence-corrected chi connectivity index (χ4v) is 3.82. The molecule has 0 saturated carbocycles. The molecule has 0 aliphatic carbocycles. The number of carbonyl (C=O) groups is 4. The van der Waals surface area contributed by atoms with Crippen molar-refractivity contribution in [2.45, 2.75) is 63.6 Å². The molecule has 4 aliphatic rings. The Morgan fingerprint density at radius 2 is 1.19 bits per heavy atom. The van der Waals surface area contributed by atoms with Gasteiger partial charge in [0.05, 0.1) is 11.2 Å². The van der Waals surface area contributed by atoms with Crippen LogP contribution in [0, 0.1) is 0 Å². The number of hydrogen-bond acceptors (Lipinski definition) is 7. The lowest BCUT2D eigenvalue weighted by atomic mass is 9.98. The lowest BCUT2D eigenvalue weighted by Crippen LogP contribution is -2.48. The van der Waals surface area contributed by atoms with Gasteiger partial charge in [-0.3, -0.25) is 30.0 Å². The Bertz CT molecular complexity index is 676. The summed E-state index contributed by atoms with van der Waals surface area (Å²) in [7, 11) is 0.